The molecule has 1 amide bonds. The van der Waals surface area contributed by atoms with Crippen LogP contribution in [0.2, 0.25) is 0 Å². The van der Waals surface area contributed by atoms with Crippen LogP contribution in [0.5, 0.6) is 0 Å². The van der Waals surface area contributed by atoms with Crippen LogP contribution in [0.15, 0.2) is 30.3 Å². The molecule has 0 aromatic heterocycles. The van der Waals surface area contributed by atoms with Crippen LogP contribution >= 0.6 is 0 Å². The molecular formula is C13H17NO3. The summed E-state index contributed by atoms with van der Waals surface area (Å²) in [7, 11) is 0. The highest BCUT2D eigenvalue weighted by Gasteiger charge is 2.31. The average molecular weight is 235 g/mol. The van der Waals surface area contributed by atoms with Crippen LogP contribution in [0, 0.1) is 0 Å². The zero-order valence-electron chi connectivity index (χ0n) is 9.54. The average Bonchev–Trinajstić information content (AvgIpc) is 2.36. The fourth-order valence-corrected chi connectivity index (χ4v) is 2.16. The highest BCUT2D eigenvalue weighted by molar-refractivity contribution is 5.94. The molecule has 0 saturated heterocycles. The molecule has 92 valence electrons. The Morgan fingerprint density at radius 2 is 1.88 bits per heavy atom. The lowest BCUT2D eigenvalue weighted by molar-refractivity contribution is -0.0277. The summed E-state index contributed by atoms with van der Waals surface area (Å²) in [5.41, 5.74) is 0.569. The van der Waals surface area contributed by atoms with E-state index in [0.29, 0.717) is 18.4 Å². The number of hydrogen-bond donors (Lipinski definition) is 3. The number of hydrogen-bond acceptors (Lipinski definition) is 3. The van der Waals surface area contributed by atoms with E-state index in [4.69, 9.17) is 0 Å². The van der Waals surface area contributed by atoms with Crippen molar-refractivity contribution in [2.24, 2.45) is 0 Å². The Hall–Kier alpha value is -1.39. The third kappa shape index (κ3) is 2.84. The van der Waals surface area contributed by atoms with Gasteiger partial charge in [0.05, 0.1) is 18.2 Å². The van der Waals surface area contributed by atoms with E-state index in [2.05, 4.69) is 5.32 Å². The molecule has 3 N–H and O–H groups in total. The predicted molar refractivity (Wildman–Crippen MR) is 63.6 cm³/mol. The van der Waals surface area contributed by atoms with E-state index in [9.17, 15) is 15.0 Å². The van der Waals surface area contributed by atoms with Crippen LogP contribution in [-0.4, -0.2) is 34.4 Å². The maximum Gasteiger partial charge on any atom is 0.251 e. The van der Waals surface area contributed by atoms with Crippen molar-refractivity contribution in [3.63, 3.8) is 0 Å². The van der Waals surface area contributed by atoms with Crippen molar-refractivity contribution in [2.45, 2.75) is 37.5 Å². The number of benzene rings is 1. The molecule has 17 heavy (non-hydrogen) atoms. The van der Waals surface area contributed by atoms with E-state index in [1.165, 1.54) is 0 Å². The molecule has 4 heteroatoms. The molecule has 0 bridgehead atoms. The summed E-state index contributed by atoms with van der Waals surface area (Å²) in [4.78, 5) is 11.9. The van der Waals surface area contributed by atoms with Crippen molar-refractivity contribution >= 4 is 5.91 Å². The monoisotopic (exact) mass is 235 g/mol. The molecule has 1 aromatic carbocycles. The molecule has 1 aliphatic carbocycles. The largest absolute Gasteiger partial charge is 0.390 e. The van der Waals surface area contributed by atoms with Gasteiger partial charge in [0, 0.05) is 5.56 Å². The Morgan fingerprint density at radius 1 is 1.18 bits per heavy atom. The molecule has 0 heterocycles. The Bertz CT molecular complexity index is 380. The fourth-order valence-electron chi connectivity index (χ4n) is 2.16. The predicted octanol–water partition coefficient (Wildman–Crippen LogP) is 0.691. The highest BCUT2D eigenvalue weighted by Crippen LogP contribution is 2.19. The van der Waals surface area contributed by atoms with Gasteiger partial charge in [0.25, 0.3) is 5.91 Å². The number of amides is 1. The minimum atomic E-state index is -0.864. The van der Waals surface area contributed by atoms with E-state index in [-0.39, 0.29) is 11.9 Å². The van der Waals surface area contributed by atoms with Crippen LogP contribution in [0.3, 0.4) is 0 Å². The first-order chi connectivity index (χ1) is 8.18. The van der Waals surface area contributed by atoms with Crippen LogP contribution < -0.4 is 5.32 Å². The summed E-state index contributed by atoms with van der Waals surface area (Å²) in [6.07, 6.45) is 0.523. The standard InChI is InChI=1S/C13H17NO3/c15-11-8-4-7-10(12(11)16)14-13(17)9-5-2-1-3-6-9/h1-3,5-6,10-12,15-16H,4,7-8H2,(H,14,17)/t10-,11-,12-/m1/s1. The second kappa shape index (κ2) is 5.29. The van der Waals surface area contributed by atoms with Crippen LogP contribution in [0.1, 0.15) is 29.6 Å². The van der Waals surface area contributed by atoms with Crippen molar-refractivity contribution in [3.05, 3.63) is 35.9 Å². The first-order valence-electron chi connectivity index (χ1n) is 5.90. The van der Waals surface area contributed by atoms with Gasteiger partial charge in [-0.2, -0.15) is 0 Å². The maximum absolute atomic E-state index is 11.9. The lowest BCUT2D eigenvalue weighted by atomic mass is 9.90. The van der Waals surface area contributed by atoms with Gasteiger partial charge >= 0.3 is 0 Å². The molecule has 1 aromatic rings. The number of aliphatic hydroxyl groups is 2. The van der Waals surface area contributed by atoms with Gasteiger partial charge in [0.15, 0.2) is 0 Å². The van der Waals surface area contributed by atoms with E-state index in [0.717, 1.165) is 6.42 Å². The highest BCUT2D eigenvalue weighted by atomic mass is 16.3. The number of rotatable bonds is 2. The summed E-state index contributed by atoms with van der Waals surface area (Å²) in [6, 6.07) is 8.52. The molecule has 1 fully saturated rings. The number of aliphatic hydroxyl groups excluding tert-OH is 2. The smallest absolute Gasteiger partial charge is 0.251 e. The van der Waals surface area contributed by atoms with Crippen LogP contribution in [0.4, 0.5) is 0 Å². The normalized spacial score (nSPS) is 28.7. The number of carbonyl (C=O) groups excluding carboxylic acids is 1. The van der Waals surface area contributed by atoms with Gasteiger partial charge in [-0.15, -0.1) is 0 Å². The lowest BCUT2D eigenvalue weighted by Gasteiger charge is -2.32. The van der Waals surface area contributed by atoms with Crippen LogP contribution in [-0.2, 0) is 0 Å². The van der Waals surface area contributed by atoms with E-state index in [1.807, 2.05) is 6.07 Å². The van der Waals surface area contributed by atoms with Gasteiger partial charge in [-0.3, -0.25) is 4.79 Å². The minimum absolute atomic E-state index is 0.205. The van der Waals surface area contributed by atoms with Gasteiger partial charge in [-0.25, -0.2) is 0 Å². The fraction of sp³-hybridized carbons (Fsp3) is 0.462. The second-order valence-electron chi connectivity index (χ2n) is 4.43. The van der Waals surface area contributed by atoms with E-state index < -0.39 is 12.2 Å². The molecule has 0 unspecified atom stereocenters. The second-order valence-corrected chi connectivity index (χ2v) is 4.43. The topological polar surface area (TPSA) is 69.6 Å². The van der Waals surface area contributed by atoms with E-state index in [1.54, 1.807) is 24.3 Å². The molecule has 3 atom stereocenters. The van der Waals surface area contributed by atoms with Gasteiger partial charge in [-0.05, 0) is 31.4 Å². The SMILES string of the molecule is O=C(N[C@@H]1CCC[C@@H](O)[C@@H]1O)c1ccccc1. The quantitative estimate of drug-likeness (QED) is 0.706. The van der Waals surface area contributed by atoms with Gasteiger partial charge in [0.1, 0.15) is 0 Å². The first-order valence-corrected chi connectivity index (χ1v) is 5.90. The zero-order chi connectivity index (χ0) is 12.3. The number of nitrogens with one attached hydrogen (secondary N) is 1. The van der Waals surface area contributed by atoms with Gasteiger partial charge in [-0.1, -0.05) is 18.2 Å². The van der Waals surface area contributed by atoms with Crippen molar-refractivity contribution in [1.29, 1.82) is 0 Å². The van der Waals surface area contributed by atoms with Crippen LogP contribution in [0.25, 0.3) is 0 Å². The molecule has 2 rings (SSSR count). The maximum atomic E-state index is 11.9. The third-order valence-electron chi connectivity index (χ3n) is 3.17. The van der Waals surface area contributed by atoms with Crippen molar-refractivity contribution < 1.29 is 15.0 Å². The summed E-state index contributed by atoms with van der Waals surface area (Å²) in [5, 5.41) is 22.1. The molecule has 0 radical (unpaired) electrons. The third-order valence-corrected chi connectivity index (χ3v) is 3.17. The Morgan fingerprint density at radius 3 is 2.59 bits per heavy atom. The summed E-state index contributed by atoms with van der Waals surface area (Å²) >= 11 is 0. The van der Waals surface area contributed by atoms with Crippen molar-refractivity contribution in [2.75, 3.05) is 0 Å². The van der Waals surface area contributed by atoms with E-state index >= 15 is 0 Å². The molecule has 1 saturated carbocycles. The lowest BCUT2D eigenvalue weighted by Crippen LogP contribution is -2.51. The Kier molecular flexibility index (Phi) is 3.76. The van der Waals surface area contributed by atoms with Gasteiger partial charge in [0.2, 0.25) is 0 Å². The first kappa shape index (κ1) is 12.1. The Balaban J connectivity index is 1.99. The molecule has 0 aliphatic heterocycles. The zero-order valence-corrected chi connectivity index (χ0v) is 9.54. The van der Waals surface area contributed by atoms with Gasteiger partial charge < -0.3 is 15.5 Å². The number of carbonyl (C=O) groups is 1. The summed E-state index contributed by atoms with van der Waals surface area (Å²) in [5.74, 6) is -0.205. The summed E-state index contributed by atoms with van der Waals surface area (Å²) in [6.45, 7) is 0. The minimum Gasteiger partial charge on any atom is -0.390 e. The Labute approximate surface area is 100 Å². The molecular weight excluding hydrogens is 218 g/mol. The van der Waals surface area contributed by atoms with Crippen molar-refractivity contribution in [3.8, 4) is 0 Å². The molecule has 4 nitrogen and oxygen atoms in total. The molecule has 1 aliphatic rings. The molecule has 0 spiro atoms. The van der Waals surface area contributed by atoms with Crippen molar-refractivity contribution in [1.82, 2.24) is 5.32 Å². The summed E-state index contributed by atoms with van der Waals surface area (Å²) < 4.78 is 0.